The maximum absolute atomic E-state index is 4.49. The summed E-state index contributed by atoms with van der Waals surface area (Å²) < 4.78 is 0.912. The molecular weight excluding hydrogens is 238 g/mol. The first-order valence-corrected chi connectivity index (χ1v) is 5.41. The summed E-state index contributed by atoms with van der Waals surface area (Å²) in [5.41, 5.74) is 4.91. The number of pyridine rings is 1. The molecule has 14 heavy (non-hydrogen) atoms. The van der Waals surface area contributed by atoms with Gasteiger partial charge in [0.25, 0.3) is 0 Å². The first-order valence-electron chi connectivity index (χ1n) is 4.62. The number of fused-ring (bicyclic) bond motifs is 1. The Morgan fingerprint density at radius 1 is 1.00 bits per heavy atom. The monoisotopic (exact) mass is 249 g/mol. The third kappa shape index (κ3) is 1.55. The van der Waals surface area contributed by atoms with Crippen LogP contribution in [0.3, 0.4) is 0 Å². The predicted octanol–water partition coefficient (Wildman–Crippen LogP) is 3.92. The van der Waals surface area contributed by atoms with Crippen molar-refractivity contribution in [3.63, 3.8) is 0 Å². The van der Waals surface area contributed by atoms with Crippen LogP contribution in [0.25, 0.3) is 10.9 Å². The highest BCUT2D eigenvalue weighted by Crippen LogP contribution is 2.24. The minimum atomic E-state index is 0.912. The average molecular weight is 250 g/mol. The third-order valence-electron chi connectivity index (χ3n) is 2.42. The van der Waals surface area contributed by atoms with E-state index in [-0.39, 0.29) is 0 Å². The Morgan fingerprint density at radius 3 is 2.43 bits per heavy atom. The van der Waals surface area contributed by atoms with E-state index in [1.165, 1.54) is 22.1 Å². The Hall–Kier alpha value is -0.890. The average Bonchev–Trinajstić information content (AvgIpc) is 2.07. The molecule has 72 valence electrons. The molecule has 0 aliphatic rings. The van der Waals surface area contributed by atoms with Gasteiger partial charge in [0.1, 0.15) is 4.60 Å². The molecule has 0 radical (unpaired) electrons. The fraction of sp³-hybridized carbons (Fsp3) is 0.250. The van der Waals surface area contributed by atoms with E-state index < -0.39 is 0 Å². The van der Waals surface area contributed by atoms with Crippen LogP contribution in [0.5, 0.6) is 0 Å². The fourth-order valence-electron chi connectivity index (χ4n) is 1.80. The lowest BCUT2D eigenvalue weighted by molar-refractivity contribution is 1.28. The minimum Gasteiger partial charge on any atom is -0.241 e. The van der Waals surface area contributed by atoms with E-state index in [1.54, 1.807) is 0 Å². The first kappa shape index (κ1) is 9.66. The molecule has 1 nitrogen and oxygen atoms in total. The molecule has 2 rings (SSSR count). The molecule has 0 N–H and O–H groups in total. The normalized spacial score (nSPS) is 10.9. The van der Waals surface area contributed by atoms with Crippen molar-refractivity contribution in [3.05, 3.63) is 39.5 Å². The van der Waals surface area contributed by atoms with Crippen LogP contribution in [0.4, 0.5) is 0 Å². The van der Waals surface area contributed by atoms with Crippen LogP contribution < -0.4 is 0 Å². The summed E-state index contributed by atoms with van der Waals surface area (Å²) in [5, 5.41) is 1.26. The number of nitrogens with zero attached hydrogens (tertiary/aromatic N) is 1. The molecule has 1 aromatic carbocycles. The van der Waals surface area contributed by atoms with Crippen LogP contribution in [0.15, 0.2) is 22.8 Å². The molecule has 0 spiro atoms. The number of benzene rings is 1. The molecule has 0 saturated carbocycles. The molecule has 0 fully saturated rings. The van der Waals surface area contributed by atoms with Gasteiger partial charge in [0, 0.05) is 5.39 Å². The predicted molar refractivity (Wildman–Crippen MR) is 63.7 cm³/mol. The van der Waals surface area contributed by atoms with E-state index in [0.29, 0.717) is 0 Å². The van der Waals surface area contributed by atoms with E-state index in [0.717, 1.165) is 10.1 Å². The molecule has 0 saturated heterocycles. The highest BCUT2D eigenvalue weighted by molar-refractivity contribution is 9.10. The lowest BCUT2D eigenvalue weighted by Crippen LogP contribution is -1.89. The zero-order valence-corrected chi connectivity index (χ0v) is 10.1. The van der Waals surface area contributed by atoms with Gasteiger partial charge in [-0.3, -0.25) is 0 Å². The topological polar surface area (TPSA) is 12.9 Å². The third-order valence-corrected chi connectivity index (χ3v) is 2.83. The second-order valence-electron chi connectivity index (χ2n) is 3.74. The minimum absolute atomic E-state index is 0.912. The van der Waals surface area contributed by atoms with E-state index in [4.69, 9.17) is 0 Å². The SMILES string of the molecule is Cc1cc(C)c2nc(Br)cc(C)c2c1. The highest BCUT2D eigenvalue weighted by Gasteiger charge is 2.04. The van der Waals surface area contributed by atoms with Crippen molar-refractivity contribution in [2.24, 2.45) is 0 Å². The molecule has 0 unspecified atom stereocenters. The molecular formula is C12H12BrN. The number of aryl methyl sites for hydroxylation is 3. The zero-order valence-electron chi connectivity index (χ0n) is 8.56. The Bertz CT molecular complexity index is 456. The number of rotatable bonds is 0. The van der Waals surface area contributed by atoms with Crippen molar-refractivity contribution >= 4 is 26.8 Å². The van der Waals surface area contributed by atoms with Crippen molar-refractivity contribution < 1.29 is 0 Å². The summed E-state index contributed by atoms with van der Waals surface area (Å²) in [6, 6.07) is 6.42. The van der Waals surface area contributed by atoms with Gasteiger partial charge in [0.2, 0.25) is 0 Å². The van der Waals surface area contributed by atoms with Gasteiger partial charge in [-0.2, -0.15) is 0 Å². The summed E-state index contributed by atoms with van der Waals surface area (Å²) in [5.74, 6) is 0. The van der Waals surface area contributed by atoms with E-state index >= 15 is 0 Å². The van der Waals surface area contributed by atoms with Gasteiger partial charge >= 0.3 is 0 Å². The van der Waals surface area contributed by atoms with Gasteiger partial charge in [-0.25, -0.2) is 4.98 Å². The lowest BCUT2D eigenvalue weighted by atomic mass is 10.0. The molecule has 1 heterocycles. The molecule has 0 bridgehead atoms. The van der Waals surface area contributed by atoms with Crippen molar-refractivity contribution in [1.82, 2.24) is 4.98 Å². The largest absolute Gasteiger partial charge is 0.241 e. The lowest BCUT2D eigenvalue weighted by Gasteiger charge is -2.06. The smallest absolute Gasteiger partial charge is 0.107 e. The van der Waals surface area contributed by atoms with Gasteiger partial charge in [0.05, 0.1) is 5.52 Å². The van der Waals surface area contributed by atoms with Crippen LogP contribution in [-0.2, 0) is 0 Å². The second-order valence-corrected chi connectivity index (χ2v) is 4.55. The molecule has 2 heteroatoms. The van der Waals surface area contributed by atoms with Gasteiger partial charge < -0.3 is 0 Å². The van der Waals surface area contributed by atoms with Gasteiger partial charge in [-0.1, -0.05) is 11.6 Å². The number of hydrogen-bond acceptors (Lipinski definition) is 1. The number of halogens is 1. The molecule has 1 aromatic heterocycles. The first-order chi connectivity index (χ1) is 6.58. The summed E-state index contributed by atoms with van der Waals surface area (Å²) in [4.78, 5) is 4.49. The highest BCUT2D eigenvalue weighted by atomic mass is 79.9. The molecule has 0 amide bonds. The van der Waals surface area contributed by atoms with Crippen molar-refractivity contribution in [2.45, 2.75) is 20.8 Å². The summed E-state index contributed by atoms with van der Waals surface area (Å²) in [6.45, 7) is 6.34. The second kappa shape index (κ2) is 3.35. The van der Waals surface area contributed by atoms with E-state index in [9.17, 15) is 0 Å². The van der Waals surface area contributed by atoms with Crippen LogP contribution in [0.2, 0.25) is 0 Å². The van der Waals surface area contributed by atoms with Crippen molar-refractivity contribution in [2.75, 3.05) is 0 Å². The van der Waals surface area contributed by atoms with Crippen LogP contribution in [0.1, 0.15) is 16.7 Å². The van der Waals surface area contributed by atoms with Crippen molar-refractivity contribution in [3.8, 4) is 0 Å². The maximum Gasteiger partial charge on any atom is 0.107 e. The summed E-state index contributed by atoms with van der Waals surface area (Å²) in [7, 11) is 0. The van der Waals surface area contributed by atoms with E-state index in [2.05, 4.69) is 59.9 Å². The Morgan fingerprint density at radius 2 is 1.71 bits per heavy atom. The van der Waals surface area contributed by atoms with Crippen LogP contribution in [0, 0.1) is 20.8 Å². The standard InChI is InChI=1S/C12H12BrN/c1-7-4-9(3)12-10(5-7)8(2)6-11(13)14-12/h4-6H,1-3H3. The van der Waals surface area contributed by atoms with Gasteiger partial charge in [-0.05, 0) is 60.0 Å². The van der Waals surface area contributed by atoms with Gasteiger partial charge in [-0.15, -0.1) is 0 Å². The van der Waals surface area contributed by atoms with Crippen LogP contribution in [-0.4, -0.2) is 4.98 Å². The summed E-state index contributed by atoms with van der Waals surface area (Å²) >= 11 is 3.42. The Kier molecular flexibility index (Phi) is 2.31. The number of hydrogen-bond donors (Lipinski definition) is 0. The summed E-state index contributed by atoms with van der Waals surface area (Å²) in [6.07, 6.45) is 0. The van der Waals surface area contributed by atoms with E-state index in [1.807, 2.05) is 0 Å². The molecule has 2 aromatic rings. The maximum atomic E-state index is 4.49. The fourth-order valence-corrected chi connectivity index (χ4v) is 2.33. The quantitative estimate of drug-likeness (QED) is 0.645. The van der Waals surface area contributed by atoms with Crippen molar-refractivity contribution in [1.29, 1.82) is 0 Å². The van der Waals surface area contributed by atoms with Gasteiger partial charge in [0.15, 0.2) is 0 Å². The number of aromatic nitrogens is 1. The Labute approximate surface area is 92.3 Å². The van der Waals surface area contributed by atoms with Crippen LogP contribution >= 0.6 is 15.9 Å². The molecule has 0 aliphatic carbocycles. The Balaban J connectivity index is 2.94. The zero-order chi connectivity index (χ0) is 10.3. The molecule has 0 aliphatic heterocycles. The molecule has 0 atom stereocenters.